The second-order valence-electron chi connectivity index (χ2n) is 3.94. The van der Waals surface area contributed by atoms with Crippen LogP contribution in [-0.2, 0) is 4.74 Å². The number of carbonyl (C=O) groups is 1. The average Bonchev–Trinajstić information content (AvgIpc) is 2.36. The smallest absolute Gasteiger partial charge is 0.255 e. The number of carbonyl (C=O) groups excluding carboxylic acids is 1. The highest BCUT2D eigenvalue weighted by atomic mass is 16.5. The molecule has 1 aromatic rings. The first kappa shape index (κ1) is 14.4. The zero-order valence-electron chi connectivity index (χ0n) is 10.7. The molecule has 0 radical (unpaired) electrons. The molecule has 100 valence electrons. The van der Waals surface area contributed by atoms with Gasteiger partial charge in [0.2, 0.25) is 0 Å². The standard InChI is InChI=1S/C12H19N3O3/c1-15(7-8-18-2)6-5-14-12(17)10-3-4-13-9-11(10)16/h3-4,9,16H,5-8H2,1-2H3,(H,14,17). The van der Waals surface area contributed by atoms with Crippen molar-refractivity contribution in [2.45, 2.75) is 0 Å². The van der Waals surface area contributed by atoms with E-state index in [1.807, 2.05) is 7.05 Å². The molecule has 0 aliphatic rings. The fourth-order valence-corrected chi connectivity index (χ4v) is 1.39. The maximum atomic E-state index is 11.7. The Bertz CT molecular complexity index is 385. The van der Waals surface area contributed by atoms with Gasteiger partial charge in [0.15, 0.2) is 0 Å². The van der Waals surface area contributed by atoms with E-state index < -0.39 is 0 Å². The van der Waals surface area contributed by atoms with E-state index in [0.29, 0.717) is 13.2 Å². The fraction of sp³-hybridized carbons (Fsp3) is 0.500. The van der Waals surface area contributed by atoms with Crippen molar-refractivity contribution in [3.63, 3.8) is 0 Å². The fourth-order valence-electron chi connectivity index (χ4n) is 1.39. The largest absolute Gasteiger partial charge is 0.505 e. The highest BCUT2D eigenvalue weighted by Gasteiger charge is 2.09. The number of aromatic hydroxyl groups is 1. The van der Waals surface area contributed by atoms with Crippen LogP contribution in [0, 0.1) is 0 Å². The van der Waals surface area contributed by atoms with Crippen molar-refractivity contribution in [1.29, 1.82) is 0 Å². The molecule has 1 rings (SSSR count). The summed E-state index contributed by atoms with van der Waals surface area (Å²) in [7, 11) is 3.61. The van der Waals surface area contributed by atoms with Gasteiger partial charge >= 0.3 is 0 Å². The molecular formula is C12H19N3O3. The second kappa shape index (κ2) is 7.62. The van der Waals surface area contributed by atoms with Gasteiger partial charge in [-0.1, -0.05) is 0 Å². The number of hydrogen-bond donors (Lipinski definition) is 2. The van der Waals surface area contributed by atoms with E-state index in [-0.39, 0.29) is 17.2 Å². The summed E-state index contributed by atoms with van der Waals surface area (Å²) in [6.45, 7) is 2.71. The highest BCUT2D eigenvalue weighted by molar-refractivity contribution is 5.96. The number of nitrogens with zero attached hydrogens (tertiary/aromatic N) is 2. The van der Waals surface area contributed by atoms with Gasteiger partial charge in [-0.25, -0.2) is 0 Å². The van der Waals surface area contributed by atoms with Gasteiger partial charge < -0.3 is 20.1 Å². The van der Waals surface area contributed by atoms with Crippen molar-refractivity contribution in [2.75, 3.05) is 40.4 Å². The van der Waals surface area contributed by atoms with Crippen molar-refractivity contribution in [2.24, 2.45) is 0 Å². The van der Waals surface area contributed by atoms with Crippen LogP contribution in [0.25, 0.3) is 0 Å². The third-order valence-electron chi connectivity index (χ3n) is 2.50. The van der Waals surface area contributed by atoms with E-state index >= 15 is 0 Å². The van der Waals surface area contributed by atoms with Crippen LogP contribution >= 0.6 is 0 Å². The molecule has 0 aliphatic heterocycles. The van der Waals surface area contributed by atoms with Crippen molar-refractivity contribution < 1.29 is 14.6 Å². The van der Waals surface area contributed by atoms with Crippen LogP contribution in [0.15, 0.2) is 18.5 Å². The number of aromatic nitrogens is 1. The lowest BCUT2D eigenvalue weighted by Crippen LogP contribution is -2.34. The van der Waals surface area contributed by atoms with E-state index in [1.165, 1.54) is 18.5 Å². The molecule has 0 unspecified atom stereocenters. The van der Waals surface area contributed by atoms with Gasteiger partial charge in [0.1, 0.15) is 5.75 Å². The SMILES string of the molecule is COCCN(C)CCNC(=O)c1ccncc1O. The first-order valence-electron chi connectivity index (χ1n) is 5.73. The van der Waals surface area contributed by atoms with Gasteiger partial charge in [0.05, 0.1) is 18.4 Å². The molecule has 1 aromatic heterocycles. The van der Waals surface area contributed by atoms with Crippen LogP contribution in [0.4, 0.5) is 0 Å². The van der Waals surface area contributed by atoms with E-state index in [0.717, 1.165) is 13.1 Å². The molecule has 0 spiro atoms. The summed E-state index contributed by atoms with van der Waals surface area (Å²) < 4.78 is 4.96. The van der Waals surface area contributed by atoms with Crippen LogP contribution in [0.3, 0.4) is 0 Å². The molecule has 6 nitrogen and oxygen atoms in total. The molecule has 0 aliphatic carbocycles. The Morgan fingerprint density at radius 3 is 3.00 bits per heavy atom. The molecule has 6 heteroatoms. The molecule has 2 N–H and O–H groups in total. The Labute approximate surface area is 107 Å². The van der Waals surface area contributed by atoms with Crippen LogP contribution in [0.2, 0.25) is 0 Å². The van der Waals surface area contributed by atoms with Crippen LogP contribution in [0.5, 0.6) is 5.75 Å². The summed E-state index contributed by atoms with van der Waals surface area (Å²) >= 11 is 0. The minimum atomic E-state index is -0.296. The number of nitrogens with one attached hydrogen (secondary N) is 1. The topological polar surface area (TPSA) is 74.7 Å². The predicted molar refractivity (Wildman–Crippen MR) is 67.6 cm³/mol. The Morgan fingerprint density at radius 1 is 1.56 bits per heavy atom. The third kappa shape index (κ3) is 4.68. The molecule has 1 heterocycles. The minimum absolute atomic E-state index is 0.109. The Balaban J connectivity index is 2.32. The van der Waals surface area contributed by atoms with Crippen LogP contribution < -0.4 is 5.32 Å². The minimum Gasteiger partial charge on any atom is -0.505 e. The number of likely N-dealkylation sites (N-methyl/N-ethyl adjacent to an activating group) is 1. The van der Waals surface area contributed by atoms with Gasteiger partial charge in [0, 0.05) is 32.9 Å². The maximum absolute atomic E-state index is 11.7. The summed E-state index contributed by atoms with van der Waals surface area (Å²) in [6, 6.07) is 1.49. The lowest BCUT2D eigenvalue weighted by atomic mass is 10.2. The second-order valence-corrected chi connectivity index (χ2v) is 3.94. The first-order chi connectivity index (χ1) is 8.65. The zero-order valence-corrected chi connectivity index (χ0v) is 10.7. The maximum Gasteiger partial charge on any atom is 0.255 e. The van der Waals surface area contributed by atoms with E-state index in [4.69, 9.17) is 4.74 Å². The summed E-state index contributed by atoms with van der Waals surface area (Å²) in [5, 5.41) is 12.2. The summed E-state index contributed by atoms with van der Waals surface area (Å²) in [5.41, 5.74) is 0.240. The number of pyridine rings is 1. The molecule has 0 bridgehead atoms. The summed E-state index contributed by atoms with van der Waals surface area (Å²) in [4.78, 5) is 17.5. The van der Waals surface area contributed by atoms with Gasteiger partial charge in [-0.2, -0.15) is 0 Å². The predicted octanol–water partition coefficient (Wildman–Crippen LogP) is 0.0952. The number of hydrogen-bond acceptors (Lipinski definition) is 5. The third-order valence-corrected chi connectivity index (χ3v) is 2.50. The zero-order chi connectivity index (χ0) is 13.4. The van der Waals surface area contributed by atoms with E-state index in [2.05, 4.69) is 15.2 Å². The van der Waals surface area contributed by atoms with Crippen LogP contribution in [0.1, 0.15) is 10.4 Å². The Morgan fingerprint density at radius 2 is 2.33 bits per heavy atom. The first-order valence-corrected chi connectivity index (χ1v) is 5.73. The van der Waals surface area contributed by atoms with Crippen molar-refractivity contribution >= 4 is 5.91 Å². The highest BCUT2D eigenvalue weighted by Crippen LogP contribution is 2.12. The quantitative estimate of drug-likeness (QED) is 0.720. The van der Waals surface area contributed by atoms with Gasteiger partial charge in [-0.3, -0.25) is 9.78 Å². The number of ether oxygens (including phenoxy) is 1. The van der Waals surface area contributed by atoms with Gasteiger partial charge in [-0.05, 0) is 13.1 Å². The van der Waals surface area contributed by atoms with E-state index in [1.54, 1.807) is 7.11 Å². The van der Waals surface area contributed by atoms with Gasteiger partial charge in [0.25, 0.3) is 5.91 Å². The molecule has 18 heavy (non-hydrogen) atoms. The Hall–Kier alpha value is -1.66. The Kier molecular flexibility index (Phi) is 6.10. The normalized spacial score (nSPS) is 10.6. The average molecular weight is 253 g/mol. The number of methoxy groups -OCH3 is 1. The lowest BCUT2D eigenvalue weighted by molar-refractivity contribution is 0.0944. The molecular weight excluding hydrogens is 234 g/mol. The molecule has 0 fully saturated rings. The monoisotopic (exact) mass is 253 g/mol. The van der Waals surface area contributed by atoms with Crippen LogP contribution in [-0.4, -0.2) is 61.3 Å². The summed E-state index contributed by atoms with van der Waals surface area (Å²) in [5.74, 6) is -0.405. The molecule has 0 saturated heterocycles. The molecule has 0 aromatic carbocycles. The molecule has 0 atom stereocenters. The lowest BCUT2D eigenvalue weighted by Gasteiger charge is -2.16. The van der Waals surface area contributed by atoms with Crippen molar-refractivity contribution in [1.82, 2.24) is 15.2 Å². The number of rotatable bonds is 7. The molecule has 1 amide bonds. The van der Waals surface area contributed by atoms with E-state index in [9.17, 15) is 9.90 Å². The number of amides is 1. The van der Waals surface area contributed by atoms with Crippen molar-refractivity contribution in [3.05, 3.63) is 24.0 Å². The van der Waals surface area contributed by atoms with Crippen molar-refractivity contribution in [3.8, 4) is 5.75 Å². The summed E-state index contributed by atoms with van der Waals surface area (Å²) in [6.07, 6.45) is 2.72. The molecule has 0 saturated carbocycles. The van der Waals surface area contributed by atoms with Gasteiger partial charge in [-0.15, -0.1) is 0 Å².